The van der Waals surface area contributed by atoms with Gasteiger partial charge in [0.25, 0.3) is 0 Å². The molecule has 0 saturated carbocycles. The molecule has 3 nitrogen and oxygen atoms in total. The second-order valence-corrected chi connectivity index (χ2v) is 3.28. The van der Waals surface area contributed by atoms with Crippen molar-refractivity contribution in [2.24, 2.45) is 0 Å². The number of aryl methyl sites for hydroxylation is 1. The Balaban J connectivity index is 2.34. The van der Waals surface area contributed by atoms with Gasteiger partial charge in [-0.15, -0.1) is 0 Å². The molecule has 0 bridgehead atoms. The molecule has 0 radical (unpaired) electrons. The van der Waals surface area contributed by atoms with Crippen molar-refractivity contribution in [1.82, 2.24) is 0 Å². The normalized spacial score (nSPS) is 9.73. The lowest BCUT2D eigenvalue weighted by molar-refractivity contribution is -0.140. The fourth-order valence-corrected chi connectivity index (χ4v) is 1.33. The van der Waals surface area contributed by atoms with Gasteiger partial charge < -0.3 is 9.47 Å². The minimum atomic E-state index is -0.150. The molecule has 0 aromatic heterocycles. The van der Waals surface area contributed by atoms with Crippen molar-refractivity contribution < 1.29 is 14.3 Å². The molecule has 15 heavy (non-hydrogen) atoms. The van der Waals surface area contributed by atoms with E-state index in [-0.39, 0.29) is 5.97 Å². The first kappa shape index (κ1) is 11.6. The van der Waals surface area contributed by atoms with Crippen molar-refractivity contribution >= 4 is 5.97 Å². The van der Waals surface area contributed by atoms with E-state index in [0.717, 1.165) is 18.6 Å². The minimum Gasteiger partial charge on any atom is -0.497 e. The van der Waals surface area contributed by atoms with Crippen LogP contribution in [-0.2, 0) is 16.0 Å². The lowest BCUT2D eigenvalue weighted by atomic mass is 10.1. The van der Waals surface area contributed by atoms with Gasteiger partial charge >= 0.3 is 5.97 Å². The highest BCUT2D eigenvalue weighted by Crippen LogP contribution is 2.13. The van der Waals surface area contributed by atoms with Crippen molar-refractivity contribution in [1.29, 1.82) is 0 Å². The van der Waals surface area contributed by atoms with Gasteiger partial charge in [-0.25, -0.2) is 0 Å². The summed E-state index contributed by atoms with van der Waals surface area (Å²) in [6.07, 6.45) is 2.18. The number of rotatable bonds is 5. The summed E-state index contributed by atoms with van der Waals surface area (Å²) < 4.78 is 9.62. The van der Waals surface area contributed by atoms with E-state index in [2.05, 4.69) is 4.74 Å². The summed E-state index contributed by atoms with van der Waals surface area (Å²) in [6, 6.07) is 7.87. The monoisotopic (exact) mass is 208 g/mol. The lowest BCUT2D eigenvalue weighted by Gasteiger charge is -2.03. The van der Waals surface area contributed by atoms with Crippen LogP contribution < -0.4 is 4.74 Å². The van der Waals surface area contributed by atoms with Crippen molar-refractivity contribution in [2.75, 3.05) is 14.2 Å². The molecule has 0 heterocycles. The predicted molar refractivity (Wildman–Crippen MR) is 57.9 cm³/mol. The summed E-state index contributed by atoms with van der Waals surface area (Å²) in [5, 5.41) is 0. The van der Waals surface area contributed by atoms with Gasteiger partial charge in [-0.3, -0.25) is 4.79 Å². The average Bonchev–Trinajstić information content (AvgIpc) is 2.29. The Morgan fingerprint density at radius 1 is 1.20 bits per heavy atom. The molecule has 3 heteroatoms. The fourth-order valence-electron chi connectivity index (χ4n) is 1.33. The molecule has 1 aromatic rings. The third-order valence-corrected chi connectivity index (χ3v) is 2.23. The van der Waals surface area contributed by atoms with Crippen molar-refractivity contribution in [3.05, 3.63) is 29.8 Å². The molecule has 0 aliphatic carbocycles. The van der Waals surface area contributed by atoms with E-state index in [4.69, 9.17) is 4.74 Å². The average molecular weight is 208 g/mol. The molecule has 0 aliphatic heterocycles. The second kappa shape index (κ2) is 6.06. The number of carbonyl (C=O) groups excluding carboxylic acids is 1. The smallest absolute Gasteiger partial charge is 0.305 e. The number of esters is 1. The molecular weight excluding hydrogens is 192 g/mol. The van der Waals surface area contributed by atoms with Gasteiger partial charge in [0.15, 0.2) is 0 Å². The van der Waals surface area contributed by atoms with Gasteiger partial charge in [-0.1, -0.05) is 12.1 Å². The summed E-state index contributed by atoms with van der Waals surface area (Å²) >= 11 is 0. The van der Waals surface area contributed by atoms with Gasteiger partial charge in [0.1, 0.15) is 5.75 Å². The zero-order valence-electron chi connectivity index (χ0n) is 9.16. The first-order valence-corrected chi connectivity index (χ1v) is 4.96. The quantitative estimate of drug-likeness (QED) is 0.696. The number of ether oxygens (including phenoxy) is 2. The predicted octanol–water partition coefficient (Wildman–Crippen LogP) is 2.19. The first-order valence-electron chi connectivity index (χ1n) is 4.96. The summed E-state index contributed by atoms with van der Waals surface area (Å²) in [4.78, 5) is 10.9. The summed E-state index contributed by atoms with van der Waals surface area (Å²) in [7, 11) is 3.06. The summed E-state index contributed by atoms with van der Waals surface area (Å²) in [5.74, 6) is 0.704. The highest BCUT2D eigenvalue weighted by Gasteiger charge is 2.00. The number of hydrogen-bond donors (Lipinski definition) is 0. The van der Waals surface area contributed by atoms with Crippen LogP contribution in [-0.4, -0.2) is 20.2 Å². The van der Waals surface area contributed by atoms with Crippen molar-refractivity contribution in [2.45, 2.75) is 19.3 Å². The van der Waals surface area contributed by atoms with Crippen LogP contribution in [0.15, 0.2) is 24.3 Å². The molecule has 0 saturated heterocycles. The molecule has 82 valence electrons. The third-order valence-electron chi connectivity index (χ3n) is 2.23. The molecule has 0 N–H and O–H groups in total. The van der Waals surface area contributed by atoms with Crippen LogP contribution in [0.25, 0.3) is 0 Å². The Bertz CT molecular complexity index is 303. The maximum atomic E-state index is 10.9. The van der Waals surface area contributed by atoms with E-state index < -0.39 is 0 Å². The molecular formula is C12H16O3. The Hall–Kier alpha value is -1.51. The largest absolute Gasteiger partial charge is 0.497 e. The Kier molecular flexibility index (Phi) is 4.68. The van der Waals surface area contributed by atoms with E-state index in [1.807, 2.05) is 24.3 Å². The van der Waals surface area contributed by atoms with E-state index >= 15 is 0 Å². The number of carbonyl (C=O) groups is 1. The van der Waals surface area contributed by atoms with Gasteiger partial charge in [-0.05, 0) is 30.5 Å². The Labute approximate surface area is 90.0 Å². The maximum Gasteiger partial charge on any atom is 0.305 e. The fraction of sp³-hybridized carbons (Fsp3) is 0.417. The van der Waals surface area contributed by atoms with E-state index in [0.29, 0.717) is 6.42 Å². The molecule has 1 rings (SSSR count). The first-order chi connectivity index (χ1) is 7.26. The van der Waals surface area contributed by atoms with Crippen LogP contribution in [0.4, 0.5) is 0 Å². The van der Waals surface area contributed by atoms with E-state index in [1.54, 1.807) is 7.11 Å². The molecule has 0 spiro atoms. The molecule has 0 amide bonds. The number of methoxy groups -OCH3 is 2. The highest BCUT2D eigenvalue weighted by molar-refractivity contribution is 5.69. The van der Waals surface area contributed by atoms with Crippen LogP contribution in [0, 0.1) is 0 Å². The standard InChI is InChI=1S/C12H16O3/c1-14-11-8-6-10(7-9-11)4-3-5-12(13)15-2/h6-9H,3-5H2,1-2H3. The van der Waals surface area contributed by atoms with Gasteiger partial charge in [0.05, 0.1) is 14.2 Å². The van der Waals surface area contributed by atoms with E-state index in [1.165, 1.54) is 12.7 Å². The zero-order valence-corrected chi connectivity index (χ0v) is 9.16. The van der Waals surface area contributed by atoms with Crippen molar-refractivity contribution in [3.63, 3.8) is 0 Å². The SMILES string of the molecule is COC(=O)CCCc1ccc(OC)cc1. The molecule has 0 aliphatic rings. The highest BCUT2D eigenvalue weighted by atomic mass is 16.5. The van der Waals surface area contributed by atoms with Crippen LogP contribution in [0.2, 0.25) is 0 Å². The topological polar surface area (TPSA) is 35.5 Å². The molecule has 0 fully saturated rings. The van der Waals surface area contributed by atoms with Gasteiger partial charge in [0.2, 0.25) is 0 Å². The summed E-state index contributed by atoms with van der Waals surface area (Å²) in [6.45, 7) is 0. The Morgan fingerprint density at radius 2 is 1.87 bits per heavy atom. The number of benzene rings is 1. The maximum absolute atomic E-state index is 10.9. The second-order valence-electron chi connectivity index (χ2n) is 3.28. The van der Waals surface area contributed by atoms with E-state index in [9.17, 15) is 4.79 Å². The lowest BCUT2D eigenvalue weighted by Crippen LogP contribution is -2.00. The molecule has 0 unspecified atom stereocenters. The van der Waals surface area contributed by atoms with Crippen LogP contribution in [0.5, 0.6) is 5.75 Å². The van der Waals surface area contributed by atoms with Crippen LogP contribution >= 0.6 is 0 Å². The number of hydrogen-bond acceptors (Lipinski definition) is 3. The zero-order chi connectivity index (χ0) is 11.1. The van der Waals surface area contributed by atoms with Gasteiger partial charge in [0, 0.05) is 6.42 Å². The minimum absolute atomic E-state index is 0.150. The van der Waals surface area contributed by atoms with Gasteiger partial charge in [-0.2, -0.15) is 0 Å². The molecule has 0 atom stereocenters. The van der Waals surface area contributed by atoms with Crippen LogP contribution in [0.1, 0.15) is 18.4 Å². The molecule has 1 aromatic carbocycles. The summed E-state index contributed by atoms with van der Waals surface area (Å²) in [5.41, 5.74) is 1.21. The third kappa shape index (κ3) is 4.02. The van der Waals surface area contributed by atoms with Crippen LogP contribution in [0.3, 0.4) is 0 Å². The van der Waals surface area contributed by atoms with Crippen molar-refractivity contribution in [3.8, 4) is 5.75 Å². The Morgan fingerprint density at radius 3 is 2.40 bits per heavy atom.